The zero-order chi connectivity index (χ0) is 21.5. The van der Waals surface area contributed by atoms with Crippen molar-refractivity contribution in [3.8, 4) is 5.69 Å². The smallest absolute Gasteiger partial charge is 0.278 e. The highest BCUT2D eigenvalue weighted by Gasteiger charge is 2.21. The van der Waals surface area contributed by atoms with Crippen molar-refractivity contribution >= 4 is 22.7 Å². The minimum Gasteiger partial charge on any atom is -0.324 e. The summed E-state index contributed by atoms with van der Waals surface area (Å²) in [4.78, 5) is 22.0. The number of nitrogens with one attached hydrogen (secondary N) is 2. The van der Waals surface area contributed by atoms with E-state index in [-0.39, 0.29) is 17.3 Å². The van der Waals surface area contributed by atoms with Crippen LogP contribution in [0.3, 0.4) is 0 Å². The Balaban J connectivity index is 1.63. The van der Waals surface area contributed by atoms with Gasteiger partial charge in [0.2, 0.25) is 5.95 Å². The molecule has 0 aliphatic carbocycles. The Morgan fingerprint density at radius 2 is 2.00 bits per heavy atom. The van der Waals surface area contributed by atoms with Crippen molar-refractivity contribution in [3.05, 3.63) is 76.0 Å². The number of aromatic nitrogens is 4. The fourth-order valence-corrected chi connectivity index (χ4v) is 4.06. The molecule has 31 heavy (non-hydrogen) atoms. The predicted molar refractivity (Wildman–Crippen MR) is 119 cm³/mol. The van der Waals surface area contributed by atoms with Gasteiger partial charge in [0, 0.05) is 24.5 Å². The largest absolute Gasteiger partial charge is 0.324 e. The van der Waals surface area contributed by atoms with Crippen molar-refractivity contribution in [1.29, 1.82) is 0 Å². The summed E-state index contributed by atoms with van der Waals surface area (Å²) in [5, 5.41) is 6.95. The van der Waals surface area contributed by atoms with E-state index in [1.165, 1.54) is 28.1 Å². The van der Waals surface area contributed by atoms with Crippen LogP contribution >= 0.6 is 0 Å². The molecule has 8 heteroatoms. The fourth-order valence-electron chi connectivity index (χ4n) is 4.06. The van der Waals surface area contributed by atoms with Gasteiger partial charge in [0.05, 0.1) is 0 Å². The molecule has 4 aromatic rings. The fraction of sp³-hybridized carbons (Fsp3) is 0.261. The molecule has 2 aromatic carbocycles. The number of fused-ring (bicyclic) bond motifs is 2. The molecule has 0 saturated heterocycles. The number of hydrogen-bond acceptors (Lipinski definition) is 5. The van der Waals surface area contributed by atoms with E-state index >= 15 is 0 Å². The van der Waals surface area contributed by atoms with Crippen molar-refractivity contribution in [2.45, 2.75) is 32.9 Å². The van der Waals surface area contributed by atoms with Gasteiger partial charge >= 0.3 is 0 Å². The standard InChI is InChI=1S/C23H23FN6O/c1-14(2)29-22(31)18-13-26-23(27-17-8-7-16-12-25-10-9-15(16)11-17)28-21(18)30(29)20-6-4-3-5-19(20)24/h3-8,11,13-14,25H,9-10,12H2,1-2H3,(H,26,27,28). The summed E-state index contributed by atoms with van der Waals surface area (Å²) < 4.78 is 17.7. The Labute approximate surface area is 178 Å². The van der Waals surface area contributed by atoms with Gasteiger partial charge in [-0.2, -0.15) is 4.98 Å². The summed E-state index contributed by atoms with van der Waals surface area (Å²) in [5.74, 6) is -0.0717. The Kier molecular flexibility index (Phi) is 4.78. The van der Waals surface area contributed by atoms with Gasteiger partial charge in [-0.05, 0) is 62.2 Å². The van der Waals surface area contributed by atoms with Crippen LogP contribution in [0.1, 0.15) is 31.0 Å². The number of halogens is 1. The molecule has 3 heterocycles. The third kappa shape index (κ3) is 3.38. The minimum atomic E-state index is -0.426. The molecule has 2 aromatic heterocycles. The van der Waals surface area contributed by atoms with Crippen LogP contribution in [0.15, 0.2) is 53.5 Å². The van der Waals surface area contributed by atoms with E-state index in [4.69, 9.17) is 0 Å². The molecule has 0 radical (unpaired) electrons. The topological polar surface area (TPSA) is 76.8 Å². The molecular weight excluding hydrogens is 395 g/mol. The van der Waals surface area contributed by atoms with Crippen molar-refractivity contribution < 1.29 is 4.39 Å². The summed E-state index contributed by atoms with van der Waals surface area (Å²) in [6, 6.07) is 12.4. The van der Waals surface area contributed by atoms with E-state index in [0.717, 1.165) is 25.2 Å². The van der Waals surface area contributed by atoms with Crippen molar-refractivity contribution in [2.75, 3.05) is 11.9 Å². The zero-order valence-corrected chi connectivity index (χ0v) is 17.4. The maximum atomic E-state index is 14.7. The summed E-state index contributed by atoms with van der Waals surface area (Å²) in [6.45, 7) is 5.59. The maximum Gasteiger partial charge on any atom is 0.278 e. The van der Waals surface area contributed by atoms with E-state index in [2.05, 4.69) is 32.7 Å². The molecule has 7 nitrogen and oxygen atoms in total. The summed E-state index contributed by atoms with van der Waals surface area (Å²) in [5.41, 5.74) is 3.84. The van der Waals surface area contributed by atoms with Crippen molar-refractivity contribution in [3.63, 3.8) is 0 Å². The van der Waals surface area contributed by atoms with Gasteiger partial charge < -0.3 is 10.6 Å². The summed E-state index contributed by atoms with van der Waals surface area (Å²) in [7, 11) is 0. The lowest BCUT2D eigenvalue weighted by molar-refractivity contribution is 0.466. The van der Waals surface area contributed by atoms with Crippen LogP contribution in [0.2, 0.25) is 0 Å². The van der Waals surface area contributed by atoms with E-state index in [9.17, 15) is 9.18 Å². The SMILES string of the molecule is CC(C)n1c(=O)c2cnc(Nc3ccc4c(c3)CCNC4)nc2n1-c1ccccc1F. The molecule has 0 unspecified atom stereocenters. The molecule has 0 bridgehead atoms. The maximum absolute atomic E-state index is 14.7. The molecule has 158 valence electrons. The van der Waals surface area contributed by atoms with Crippen LogP contribution in [-0.4, -0.2) is 25.9 Å². The molecule has 5 rings (SSSR count). The highest BCUT2D eigenvalue weighted by Crippen LogP contribution is 2.24. The second-order valence-electron chi connectivity index (χ2n) is 7.97. The number of hydrogen-bond donors (Lipinski definition) is 2. The van der Waals surface area contributed by atoms with Crippen LogP contribution in [0.4, 0.5) is 16.0 Å². The number of anilines is 2. The molecule has 2 N–H and O–H groups in total. The Morgan fingerprint density at radius 1 is 1.16 bits per heavy atom. The Morgan fingerprint density at radius 3 is 2.81 bits per heavy atom. The van der Waals surface area contributed by atoms with Crippen LogP contribution in [0.5, 0.6) is 0 Å². The summed E-state index contributed by atoms with van der Waals surface area (Å²) >= 11 is 0. The summed E-state index contributed by atoms with van der Waals surface area (Å²) in [6.07, 6.45) is 2.47. The van der Waals surface area contributed by atoms with Gasteiger partial charge in [0.1, 0.15) is 16.9 Å². The quantitative estimate of drug-likeness (QED) is 0.529. The van der Waals surface area contributed by atoms with Gasteiger partial charge in [-0.3, -0.25) is 4.79 Å². The third-order valence-corrected chi connectivity index (χ3v) is 5.54. The second kappa shape index (κ2) is 7.63. The van der Waals surface area contributed by atoms with E-state index < -0.39 is 5.82 Å². The second-order valence-corrected chi connectivity index (χ2v) is 7.97. The first kappa shape index (κ1) is 19.4. The van der Waals surface area contributed by atoms with Gasteiger partial charge in [-0.15, -0.1) is 0 Å². The predicted octanol–water partition coefficient (Wildman–Crippen LogP) is 3.69. The number of rotatable bonds is 4. The lowest BCUT2D eigenvalue weighted by Gasteiger charge is -2.18. The van der Waals surface area contributed by atoms with E-state index in [1.807, 2.05) is 19.9 Å². The van der Waals surface area contributed by atoms with Gasteiger partial charge in [-0.1, -0.05) is 18.2 Å². The molecule has 0 spiro atoms. The van der Waals surface area contributed by atoms with E-state index in [1.54, 1.807) is 22.9 Å². The Hall–Kier alpha value is -3.52. The highest BCUT2D eigenvalue weighted by molar-refractivity contribution is 5.77. The van der Waals surface area contributed by atoms with Gasteiger partial charge in [0.25, 0.3) is 5.56 Å². The minimum absolute atomic E-state index is 0.188. The first-order valence-corrected chi connectivity index (χ1v) is 10.4. The van der Waals surface area contributed by atoms with Crippen LogP contribution in [-0.2, 0) is 13.0 Å². The van der Waals surface area contributed by atoms with Crippen LogP contribution in [0.25, 0.3) is 16.7 Å². The first-order chi connectivity index (χ1) is 15.0. The lowest BCUT2D eigenvalue weighted by Crippen LogP contribution is -2.24. The molecule has 0 saturated carbocycles. The van der Waals surface area contributed by atoms with Crippen molar-refractivity contribution in [2.24, 2.45) is 0 Å². The third-order valence-electron chi connectivity index (χ3n) is 5.54. The first-order valence-electron chi connectivity index (χ1n) is 10.4. The average molecular weight is 418 g/mol. The zero-order valence-electron chi connectivity index (χ0n) is 17.4. The normalized spacial score (nSPS) is 13.5. The molecule has 0 amide bonds. The molecule has 1 aliphatic rings. The van der Waals surface area contributed by atoms with Gasteiger partial charge in [0.15, 0.2) is 5.65 Å². The molecule has 0 fully saturated rings. The molecule has 0 atom stereocenters. The average Bonchev–Trinajstić information content (AvgIpc) is 3.06. The molecule has 1 aliphatic heterocycles. The van der Waals surface area contributed by atoms with Crippen LogP contribution in [0, 0.1) is 5.82 Å². The monoisotopic (exact) mass is 418 g/mol. The highest BCUT2D eigenvalue weighted by atomic mass is 19.1. The van der Waals surface area contributed by atoms with Crippen LogP contribution < -0.4 is 16.2 Å². The number of para-hydroxylation sites is 1. The van der Waals surface area contributed by atoms with Gasteiger partial charge in [-0.25, -0.2) is 18.7 Å². The number of benzene rings is 2. The van der Waals surface area contributed by atoms with Crippen molar-refractivity contribution in [1.82, 2.24) is 24.6 Å². The Bertz CT molecular complexity index is 1340. The lowest BCUT2D eigenvalue weighted by atomic mass is 10.0. The molecular formula is C23H23FN6O. The number of nitrogens with zero attached hydrogens (tertiary/aromatic N) is 4. The van der Waals surface area contributed by atoms with E-state index in [0.29, 0.717) is 17.0 Å².